The zero-order valence-electron chi connectivity index (χ0n) is 24.9. The molecule has 45 heavy (non-hydrogen) atoms. The largest absolute Gasteiger partial charge is 0.439 e. The molecule has 0 bridgehead atoms. The van der Waals surface area contributed by atoms with Crippen molar-refractivity contribution >= 4 is 0 Å². The second kappa shape index (κ2) is 13.0. The highest BCUT2D eigenvalue weighted by atomic mass is 19.1. The molecule has 0 fully saturated rings. The van der Waals surface area contributed by atoms with E-state index in [1.165, 1.54) is 12.1 Å². The van der Waals surface area contributed by atoms with Gasteiger partial charge in [-0.25, -0.2) is 14.2 Å². The average molecular weight is 607 g/mol. The van der Waals surface area contributed by atoms with E-state index < -0.39 is 5.76 Å². The number of H-pyrrole nitrogens is 1. The maximum absolute atomic E-state index is 14.0. The lowest BCUT2D eigenvalue weighted by Gasteiger charge is -2.16. The molecule has 0 saturated heterocycles. The lowest BCUT2D eigenvalue weighted by molar-refractivity contribution is 0.379. The van der Waals surface area contributed by atoms with E-state index in [4.69, 9.17) is 14.0 Å². The summed E-state index contributed by atoms with van der Waals surface area (Å²) in [4.78, 5) is 37.4. The number of rotatable bonds is 11. The van der Waals surface area contributed by atoms with Crippen molar-refractivity contribution in [1.82, 2.24) is 29.8 Å². The highest BCUT2D eigenvalue weighted by Crippen LogP contribution is 2.30. The Labute approximate surface area is 257 Å². The number of aryl methyl sites for hydroxylation is 2. The van der Waals surface area contributed by atoms with E-state index in [1.54, 1.807) is 16.7 Å². The fourth-order valence-electron chi connectivity index (χ4n) is 5.28. The van der Waals surface area contributed by atoms with E-state index in [2.05, 4.69) is 27.2 Å². The Morgan fingerprint density at radius 3 is 2.29 bits per heavy atom. The third kappa shape index (κ3) is 6.72. The summed E-state index contributed by atoms with van der Waals surface area (Å²) in [6, 6.07) is 21.7. The van der Waals surface area contributed by atoms with Crippen LogP contribution in [0.15, 0.2) is 91.4 Å². The van der Waals surface area contributed by atoms with Crippen LogP contribution in [0.4, 0.5) is 4.39 Å². The predicted molar refractivity (Wildman–Crippen MR) is 165 cm³/mol. The Hall–Kier alpha value is -5.45. The number of nitrogens with one attached hydrogen (secondary N) is 1. The van der Waals surface area contributed by atoms with Crippen LogP contribution in [0.3, 0.4) is 0 Å². The molecule has 3 heterocycles. The molecule has 6 aromatic rings. The summed E-state index contributed by atoms with van der Waals surface area (Å²) in [6.45, 7) is 4.28. The number of benzene rings is 3. The van der Waals surface area contributed by atoms with Crippen molar-refractivity contribution in [2.24, 2.45) is 0 Å². The average Bonchev–Trinajstić information content (AvgIpc) is 3.69. The van der Waals surface area contributed by atoms with E-state index in [0.717, 1.165) is 46.5 Å². The zero-order chi connectivity index (χ0) is 31.3. The van der Waals surface area contributed by atoms with Crippen molar-refractivity contribution in [3.8, 4) is 22.5 Å². The molecule has 0 atom stereocenters. The Morgan fingerprint density at radius 2 is 1.58 bits per heavy atom. The molecule has 0 radical (unpaired) electrons. The number of hydrogen-bond donors (Lipinski definition) is 1. The van der Waals surface area contributed by atoms with Crippen molar-refractivity contribution in [3.05, 3.63) is 139 Å². The topological polar surface area (TPSA) is 133 Å². The minimum atomic E-state index is -0.616. The van der Waals surface area contributed by atoms with Crippen LogP contribution in [-0.4, -0.2) is 29.8 Å². The summed E-state index contributed by atoms with van der Waals surface area (Å²) in [5.41, 5.74) is 5.32. The fraction of sp³-hybridized carbons (Fsp3) is 0.235. The van der Waals surface area contributed by atoms with Crippen LogP contribution in [0.2, 0.25) is 0 Å². The molecule has 6 rings (SSSR count). The first-order valence-corrected chi connectivity index (χ1v) is 14.8. The fourth-order valence-corrected chi connectivity index (χ4v) is 5.28. The van der Waals surface area contributed by atoms with Crippen LogP contribution in [-0.2, 0) is 25.8 Å². The summed E-state index contributed by atoms with van der Waals surface area (Å²) in [5, 5.41) is 7.90. The van der Waals surface area contributed by atoms with Gasteiger partial charge in [-0.1, -0.05) is 84.3 Å². The predicted octanol–water partition coefficient (Wildman–Crippen LogP) is 5.66. The van der Waals surface area contributed by atoms with Gasteiger partial charge in [-0.15, -0.1) is 0 Å². The van der Waals surface area contributed by atoms with Crippen molar-refractivity contribution in [3.63, 3.8) is 0 Å². The molecule has 0 aliphatic carbocycles. The van der Waals surface area contributed by atoms with Crippen molar-refractivity contribution in [2.45, 2.75) is 52.5 Å². The van der Waals surface area contributed by atoms with Crippen LogP contribution < -0.4 is 11.3 Å². The number of aromatic amines is 1. The van der Waals surface area contributed by atoms with Crippen LogP contribution in [0.1, 0.15) is 59.7 Å². The molecule has 0 unspecified atom stereocenters. The summed E-state index contributed by atoms with van der Waals surface area (Å²) < 4.78 is 25.2. The van der Waals surface area contributed by atoms with Crippen molar-refractivity contribution < 1.29 is 13.4 Å². The molecule has 3 aromatic heterocycles. The molecule has 0 saturated carbocycles. The Bertz CT molecular complexity index is 2040. The smallest absolute Gasteiger partial charge is 0.339 e. The molecule has 0 aliphatic rings. The maximum Gasteiger partial charge on any atom is 0.439 e. The summed E-state index contributed by atoms with van der Waals surface area (Å²) in [7, 11) is 0. The first kappa shape index (κ1) is 29.6. The number of hydrogen-bond acceptors (Lipinski definition) is 8. The number of unbranched alkanes of at least 4 members (excludes halogenated alkanes) is 1. The normalized spacial score (nSPS) is 11.3. The number of halogens is 1. The first-order valence-electron chi connectivity index (χ1n) is 14.8. The molecule has 1 N–H and O–H groups in total. The Balaban J connectivity index is 1.27. The highest BCUT2D eigenvalue weighted by Gasteiger charge is 2.19. The van der Waals surface area contributed by atoms with Crippen molar-refractivity contribution in [1.29, 1.82) is 0 Å². The van der Waals surface area contributed by atoms with E-state index in [1.807, 2.05) is 55.5 Å². The monoisotopic (exact) mass is 606 g/mol. The SMILES string of the molecule is CCCCc1nc(C)c(Cc2nc(Cc3ccc(F)cc3)no2)c(=O)n1Cc1ccc(-c2ccccc2-c2noc(=O)[nH]2)cc1. The molecule has 228 valence electrons. The molecule has 3 aromatic carbocycles. The van der Waals surface area contributed by atoms with Gasteiger partial charge in [0.15, 0.2) is 11.6 Å². The van der Waals surface area contributed by atoms with E-state index in [0.29, 0.717) is 48.2 Å². The van der Waals surface area contributed by atoms with Crippen LogP contribution in [0.25, 0.3) is 22.5 Å². The number of aromatic nitrogens is 6. The zero-order valence-corrected chi connectivity index (χ0v) is 24.9. The number of nitrogens with zero attached hydrogens (tertiary/aromatic N) is 5. The summed E-state index contributed by atoms with van der Waals surface area (Å²) >= 11 is 0. The van der Waals surface area contributed by atoms with Gasteiger partial charge in [0.05, 0.1) is 13.0 Å². The molecule has 0 spiro atoms. The quantitative estimate of drug-likeness (QED) is 0.200. The molecular formula is C34H31FN6O4. The van der Waals surface area contributed by atoms with E-state index in [-0.39, 0.29) is 17.8 Å². The lowest BCUT2D eigenvalue weighted by atomic mass is 9.98. The second-order valence-corrected chi connectivity index (χ2v) is 10.9. The van der Waals surface area contributed by atoms with Gasteiger partial charge in [0.1, 0.15) is 11.6 Å². The third-order valence-electron chi connectivity index (χ3n) is 7.64. The van der Waals surface area contributed by atoms with E-state index >= 15 is 0 Å². The molecule has 11 heteroatoms. The van der Waals surface area contributed by atoms with Crippen molar-refractivity contribution in [2.75, 3.05) is 0 Å². The van der Waals surface area contributed by atoms with Gasteiger partial charge in [-0.2, -0.15) is 4.98 Å². The molecule has 0 amide bonds. The van der Waals surface area contributed by atoms with Gasteiger partial charge < -0.3 is 4.52 Å². The maximum atomic E-state index is 14.0. The lowest BCUT2D eigenvalue weighted by Crippen LogP contribution is -2.30. The van der Waals surface area contributed by atoms with Gasteiger partial charge in [-0.05, 0) is 47.7 Å². The van der Waals surface area contributed by atoms with Gasteiger partial charge in [0.2, 0.25) is 5.89 Å². The Morgan fingerprint density at radius 1 is 0.844 bits per heavy atom. The minimum Gasteiger partial charge on any atom is -0.339 e. The first-order chi connectivity index (χ1) is 21.9. The van der Waals surface area contributed by atoms with Gasteiger partial charge >= 0.3 is 5.76 Å². The van der Waals surface area contributed by atoms with Crippen LogP contribution in [0, 0.1) is 12.7 Å². The van der Waals surface area contributed by atoms with Gasteiger partial charge in [0, 0.05) is 29.7 Å². The van der Waals surface area contributed by atoms with Crippen LogP contribution in [0.5, 0.6) is 0 Å². The van der Waals surface area contributed by atoms with E-state index in [9.17, 15) is 14.0 Å². The van der Waals surface area contributed by atoms with Gasteiger partial charge in [-0.3, -0.25) is 18.9 Å². The molecular weight excluding hydrogens is 575 g/mol. The Kier molecular flexibility index (Phi) is 8.58. The third-order valence-corrected chi connectivity index (χ3v) is 7.64. The highest BCUT2D eigenvalue weighted by molar-refractivity contribution is 5.80. The van der Waals surface area contributed by atoms with Gasteiger partial charge in [0.25, 0.3) is 5.56 Å². The molecule has 10 nitrogen and oxygen atoms in total. The standard InChI is InChI=1S/C34H31FN6O4/c1-3-4-9-30-36-21(2)28(19-31-37-29(39-44-31)18-22-12-16-25(35)17-13-22)33(42)41(30)20-23-10-14-24(15-11-23)26-7-5-6-8-27(26)32-38-34(43)45-40-32/h5-8,10-17H,3-4,9,18-20H2,1-2H3,(H,38,40,43). The van der Waals surface area contributed by atoms with Crippen LogP contribution >= 0.6 is 0 Å². The second-order valence-electron chi connectivity index (χ2n) is 10.9. The summed E-state index contributed by atoms with van der Waals surface area (Å²) in [6.07, 6.45) is 3.10. The minimum absolute atomic E-state index is 0.142. The molecule has 0 aliphatic heterocycles. The summed E-state index contributed by atoms with van der Waals surface area (Å²) in [5.74, 6) is 0.938.